The van der Waals surface area contributed by atoms with Crippen LogP contribution in [0.15, 0.2) is 60.0 Å². The second-order valence-corrected chi connectivity index (χ2v) is 4.64. The second-order valence-electron chi connectivity index (χ2n) is 3.78. The predicted octanol–water partition coefficient (Wildman–Crippen LogP) is 3.88. The molecule has 0 unspecified atom stereocenters. The highest BCUT2D eigenvalue weighted by atomic mass is 32.1. The Morgan fingerprint density at radius 2 is 2.05 bits per heavy atom. The van der Waals surface area contributed by atoms with Crippen LogP contribution in [-0.4, -0.2) is 10.9 Å². The van der Waals surface area contributed by atoms with Crippen LogP contribution in [0.5, 0.6) is 0 Å². The lowest BCUT2D eigenvalue weighted by molar-refractivity contribution is -0.111. The van der Waals surface area contributed by atoms with Crippen molar-refractivity contribution in [3.05, 3.63) is 60.0 Å². The quantitative estimate of drug-likeness (QED) is 0.676. The van der Waals surface area contributed by atoms with E-state index in [0.717, 1.165) is 11.3 Å². The van der Waals surface area contributed by atoms with Crippen molar-refractivity contribution in [3.8, 4) is 11.3 Å². The van der Waals surface area contributed by atoms with E-state index >= 15 is 0 Å². The van der Waals surface area contributed by atoms with Crippen molar-refractivity contribution < 1.29 is 4.79 Å². The largest absolute Gasteiger partial charge is 0.298 e. The van der Waals surface area contributed by atoms with Crippen molar-refractivity contribution in [2.45, 2.75) is 6.92 Å². The fraction of sp³-hybridized carbons (Fsp3) is 0.0667. The van der Waals surface area contributed by atoms with Crippen LogP contribution in [0.2, 0.25) is 0 Å². The van der Waals surface area contributed by atoms with E-state index in [1.165, 1.54) is 17.4 Å². The van der Waals surface area contributed by atoms with Gasteiger partial charge in [-0.05, 0) is 6.92 Å². The molecule has 0 bridgehead atoms. The average Bonchev–Trinajstić information content (AvgIpc) is 2.88. The molecule has 1 aromatic heterocycles. The molecule has 4 heteroatoms. The van der Waals surface area contributed by atoms with Crippen molar-refractivity contribution in [2.75, 3.05) is 5.32 Å². The highest BCUT2D eigenvalue weighted by Crippen LogP contribution is 2.24. The molecule has 1 aromatic carbocycles. The summed E-state index contributed by atoms with van der Waals surface area (Å²) in [6, 6.07) is 9.88. The van der Waals surface area contributed by atoms with E-state index in [4.69, 9.17) is 0 Å². The SMILES string of the molecule is C/C=C/C=C/C(=O)Nc1nc(-c2ccccc2)cs1. The van der Waals surface area contributed by atoms with E-state index in [9.17, 15) is 4.79 Å². The third-order valence-corrected chi connectivity index (χ3v) is 3.11. The van der Waals surface area contributed by atoms with Crippen LogP contribution in [-0.2, 0) is 4.79 Å². The number of anilines is 1. The number of hydrogen-bond acceptors (Lipinski definition) is 3. The van der Waals surface area contributed by atoms with Gasteiger partial charge in [-0.15, -0.1) is 11.3 Å². The fourth-order valence-electron chi connectivity index (χ4n) is 1.47. The fourth-order valence-corrected chi connectivity index (χ4v) is 2.20. The minimum absolute atomic E-state index is 0.174. The molecule has 0 saturated carbocycles. The predicted molar refractivity (Wildman–Crippen MR) is 80.1 cm³/mol. The van der Waals surface area contributed by atoms with Gasteiger partial charge in [-0.3, -0.25) is 10.1 Å². The molecule has 1 N–H and O–H groups in total. The highest BCUT2D eigenvalue weighted by molar-refractivity contribution is 7.14. The summed E-state index contributed by atoms with van der Waals surface area (Å²) in [5, 5.41) is 5.28. The van der Waals surface area contributed by atoms with E-state index < -0.39 is 0 Å². The van der Waals surface area contributed by atoms with Gasteiger partial charge in [-0.25, -0.2) is 4.98 Å². The highest BCUT2D eigenvalue weighted by Gasteiger charge is 2.05. The van der Waals surface area contributed by atoms with Gasteiger partial charge in [-0.1, -0.05) is 48.6 Å². The molecule has 1 amide bonds. The van der Waals surface area contributed by atoms with Crippen molar-refractivity contribution >= 4 is 22.4 Å². The number of nitrogens with zero attached hydrogens (tertiary/aromatic N) is 1. The average molecular weight is 270 g/mol. The maximum absolute atomic E-state index is 11.6. The van der Waals surface area contributed by atoms with Crippen LogP contribution in [0.1, 0.15) is 6.92 Å². The summed E-state index contributed by atoms with van der Waals surface area (Å²) in [6.07, 6.45) is 6.84. The summed E-state index contributed by atoms with van der Waals surface area (Å²) in [5.41, 5.74) is 1.92. The minimum Gasteiger partial charge on any atom is -0.298 e. The first-order valence-electron chi connectivity index (χ1n) is 5.91. The van der Waals surface area contributed by atoms with Crippen LogP contribution >= 0.6 is 11.3 Å². The maximum Gasteiger partial charge on any atom is 0.250 e. The molecular weight excluding hydrogens is 256 g/mol. The summed E-state index contributed by atoms with van der Waals surface area (Å²) >= 11 is 1.42. The molecule has 0 aliphatic rings. The van der Waals surface area contributed by atoms with Crippen molar-refractivity contribution in [1.82, 2.24) is 4.98 Å². The summed E-state index contributed by atoms with van der Waals surface area (Å²) in [5.74, 6) is -0.174. The molecule has 3 nitrogen and oxygen atoms in total. The first kappa shape index (κ1) is 13.2. The second kappa shape index (κ2) is 6.66. The number of carbonyl (C=O) groups excluding carboxylic acids is 1. The number of benzene rings is 1. The van der Waals surface area contributed by atoms with Gasteiger partial charge in [0.1, 0.15) is 0 Å². The number of thiazole rings is 1. The van der Waals surface area contributed by atoms with Gasteiger partial charge in [-0.2, -0.15) is 0 Å². The lowest BCUT2D eigenvalue weighted by Crippen LogP contribution is -2.07. The topological polar surface area (TPSA) is 42.0 Å². The van der Waals surface area contributed by atoms with E-state index in [2.05, 4.69) is 10.3 Å². The van der Waals surface area contributed by atoms with Crippen LogP contribution in [0, 0.1) is 0 Å². The van der Waals surface area contributed by atoms with E-state index in [-0.39, 0.29) is 5.91 Å². The smallest absolute Gasteiger partial charge is 0.250 e. The minimum atomic E-state index is -0.174. The third-order valence-electron chi connectivity index (χ3n) is 2.36. The maximum atomic E-state index is 11.6. The molecule has 0 aliphatic heterocycles. The Kier molecular flexibility index (Phi) is 4.64. The first-order chi connectivity index (χ1) is 9.29. The van der Waals surface area contributed by atoms with E-state index in [1.807, 2.05) is 48.7 Å². The Hall–Kier alpha value is -2.20. The van der Waals surface area contributed by atoms with Gasteiger partial charge in [0.2, 0.25) is 5.91 Å². The van der Waals surface area contributed by atoms with Crippen LogP contribution in [0.4, 0.5) is 5.13 Å². The Morgan fingerprint density at radius 1 is 1.26 bits per heavy atom. The molecule has 0 spiro atoms. The standard InChI is InChI=1S/C15H14N2OS/c1-2-3-5-10-14(18)17-15-16-13(11-19-15)12-8-6-4-7-9-12/h2-11H,1H3,(H,16,17,18)/b3-2+,10-5+. The molecule has 0 radical (unpaired) electrons. The monoisotopic (exact) mass is 270 g/mol. The summed E-state index contributed by atoms with van der Waals surface area (Å²) in [6.45, 7) is 1.90. The van der Waals surface area contributed by atoms with Gasteiger partial charge in [0, 0.05) is 17.0 Å². The number of allylic oxidation sites excluding steroid dienone is 3. The molecule has 0 aliphatic carbocycles. The molecule has 1 heterocycles. The zero-order valence-electron chi connectivity index (χ0n) is 10.5. The van der Waals surface area contributed by atoms with Gasteiger partial charge in [0.25, 0.3) is 0 Å². The summed E-state index contributed by atoms with van der Waals surface area (Å²) in [4.78, 5) is 16.0. The Balaban J connectivity index is 2.04. The van der Waals surface area contributed by atoms with Crippen LogP contribution in [0.3, 0.4) is 0 Å². The molecule has 96 valence electrons. The molecule has 0 fully saturated rings. The van der Waals surface area contributed by atoms with Crippen LogP contribution < -0.4 is 5.32 Å². The first-order valence-corrected chi connectivity index (χ1v) is 6.79. The number of nitrogens with one attached hydrogen (secondary N) is 1. The zero-order chi connectivity index (χ0) is 13.5. The molecule has 0 atom stereocenters. The molecule has 2 rings (SSSR count). The lowest BCUT2D eigenvalue weighted by Gasteiger charge is -1.96. The lowest BCUT2D eigenvalue weighted by atomic mass is 10.2. The van der Waals surface area contributed by atoms with Gasteiger partial charge in [0.05, 0.1) is 5.69 Å². The van der Waals surface area contributed by atoms with Gasteiger partial charge >= 0.3 is 0 Å². The zero-order valence-corrected chi connectivity index (χ0v) is 11.4. The molecular formula is C15H14N2OS. The van der Waals surface area contributed by atoms with E-state index in [0.29, 0.717) is 5.13 Å². The number of hydrogen-bond donors (Lipinski definition) is 1. The van der Waals surface area contributed by atoms with Crippen molar-refractivity contribution in [1.29, 1.82) is 0 Å². The third kappa shape index (κ3) is 3.89. The molecule has 2 aromatic rings. The number of amides is 1. The van der Waals surface area contributed by atoms with Crippen molar-refractivity contribution in [2.24, 2.45) is 0 Å². The Labute approximate surface area is 116 Å². The molecule has 19 heavy (non-hydrogen) atoms. The van der Waals surface area contributed by atoms with E-state index in [1.54, 1.807) is 12.2 Å². The van der Waals surface area contributed by atoms with Crippen LogP contribution in [0.25, 0.3) is 11.3 Å². The summed E-state index contributed by atoms with van der Waals surface area (Å²) < 4.78 is 0. The van der Waals surface area contributed by atoms with Crippen molar-refractivity contribution in [3.63, 3.8) is 0 Å². The molecule has 0 saturated heterocycles. The Bertz CT molecular complexity index is 600. The van der Waals surface area contributed by atoms with Gasteiger partial charge < -0.3 is 0 Å². The number of rotatable bonds is 4. The van der Waals surface area contributed by atoms with Gasteiger partial charge in [0.15, 0.2) is 5.13 Å². The number of carbonyl (C=O) groups is 1. The normalized spacial score (nSPS) is 11.2. The summed E-state index contributed by atoms with van der Waals surface area (Å²) in [7, 11) is 0. The Morgan fingerprint density at radius 3 is 2.79 bits per heavy atom. The number of aromatic nitrogens is 1.